The molecule has 0 spiro atoms. The minimum Gasteiger partial charge on any atom is -0.385 e. The molecule has 19 heavy (non-hydrogen) atoms. The maximum absolute atomic E-state index is 11.3. The molecule has 1 aromatic rings. The highest BCUT2D eigenvalue weighted by Gasteiger charge is 2.09. The molecule has 0 saturated carbocycles. The summed E-state index contributed by atoms with van der Waals surface area (Å²) < 4.78 is 0. The third-order valence-corrected chi connectivity index (χ3v) is 3.46. The lowest BCUT2D eigenvalue weighted by Gasteiger charge is -2.18. The van der Waals surface area contributed by atoms with Crippen LogP contribution in [0.25, 0.3) is 0 Å². The summed E-state index contributed by atoms with van der Waals surface area (Å²) in [7, 11) is 0. The highest BCUT2D eigenvalue weighted by molar-refractivity contribution is 5.90. The first-order valence-electron chi connectivity index (χ1n) is 7.06. The second-order valence-electron chi connectivity index (χ2n) is 5.01. The number of allylic oxidation sites excluding steroid dienone is 2. The summed E-state index contributed by atoms with van der Waals surface area (Å²) in [5.74, 6) is 0.791. The average molecular weight is 258 g/mol. The molecular weight excluding hydrogens is 236 g/mol. The largest absolute Gasteiger partial charge is 0.385 e. The van der Waals surface area contributed by atoms with Crippen molar-refractivity contribution >= 4 is 17.3 Å². The highest BCUT2D eigenvalue weighted by Crippen LogP contribution is 2.20. The fourth-order valence-electron chi connectivity index (χ4n) is 2.22. The summed E-state index contributed by atoms with van der Waals surface area (Å²) in [6.07, 6.45) is 8.70. The third-order valence-electron chi connectivity index (χ3n) is 3.46. The van der Waals surface area contributed by atoms with Gasteiger partial charge >= 0.3 is 0 Å². The first kappa shape index (κ1) is 13.7. The van der Waals surface area contributed by atoms with Crippen molar-refractivity contribution in [3.63, 3.8) is 0 Å². The number of rotatable bonds is 5. The maximum Gasteiger partial charge on any atom is 0.224 e. The van der Waals surface area contributed by atoms with E-state index in [9.17, 15) is 4.79 Å². The lowest BCUT2D eigenvalue weighted by molar-refractivity contribution is -0.115. The van der Waals surface area contributed by atoms with Crippen molar-refractivity contribution in [1.29, 1.82) is 0 Å². The lowest BCUT2D eigenvalue weighted by Crippen LogP contribution is -2.15. The topological polar surface area (TPSA) is 41.1 Å². The Morgan fingerprint density at radius 2 is 1.95 bits per heavy atom. The Kier molecular flexibility index (Phi) is 5.01. The molecule has 1 atom stereocenters. The van der Waals surface area contributed by atoms with Gasteiger partial charge in [-0.2, -0.15) is 0 Å². The number of amides is 1. The predicted octanol–water partition coefficient (Wildman–Crippen LogP) is 3.80. The molecule has 3 nitrogen and oxygen atoms in total. The van der Waals surface area contributed by atoms with Gasteiger partial charge < -0.3 is 10.6 Å². The van der Waals surface area contributed by atoms with Crippen LogP contribution < -0.4 is 10.6 Å². The summed E-state index contributed by atoms with van der Waals surface area (Å²) in [6.45, 7) is 2.87. The van der Waals surface area contributed by atoms with Crippen molar-refractivity contribution < 1.29 is 4.79 Å². The molecule has 2 rings (SSSR count). The van der Waals surface area contributed by atoms with Crippen molar-refractivity contribution in [2.45, 2.75) is 32.6 Å². The molecule has 1 aromatic carbocycles. The van der Waals surface area contributed by atoms with Gasteiger partial charge in [0.15, 0.2) is 0 Å². The van der Waals surface area contributed by atoms with Crippen molar-refractivity contribution in [3.05, 3.63) is 36.4 Å². The quantitative estimate of drug-likeness (QED) is 0.789. The Hall–Kier alpha value is -1.77. The van der Waals surface area contributed by atoms with Crippen LogP contribution in [0.1, 0.15) is 32.6 Å². The van der Waals surface area contributed by atoms with E-state index in [4.69, 9.17) is 0 Å². The second-order valence-corrected chi connectivity index (χ2v) is 5.01. The van der Waals surface area contributed by atoms with E-state index in [0.29, 0.717) is 6.42 Å². The number of nitrogens with one attached hydrogen (secondary N) is 2. The Balaban J connectivity index is 1.81. The van der Waals surface area contributed by atoms with Gasteiger partial charge in [0.1, 0.15) is 0 Å². The van der Waals surface area contributed by atoms with E-state index in [0.717, 1.165) is 23.8 Å². The normalized spacial score (nSPS) is 18.1. The minimum atomic E-state index is 0.0506. The van der Waals surface area contributed by atoms with Crippen molar-refractivity contribution in [2.24, 2.45) is 5.92 Å². The lowest BCUT2D eigenvalue weighted by atomic mass is 9.94. The SMILES string of the molecule is CCC(=O)Nc1ccc(NCC2CC=CCC2)cc1. The van der Waals surface area contributed by atoms with Crippen LogP contribution in [0.4, 0.5) is 11.4 Å². The van der Waals surface area contributed by atoms with Crippen LogP contribution in [0.2, 0.25) is 0 Å². The van der Waals surface area contributed by atoms with Crippen LogP contribution in [0.3, 0.4) is 0 Å². The van der Waals surface area contributed by atoms with Crippen LogP contribution in [0.15, 0.2) is 36.4 Å². The molecule has 3 heteroatoms. The van der Waals surface area contributed by atoms with Gasteiger partial charge in [-0.25, -0.2) is 0 Å². The van der Waals surface area contributed by atoms with Gasteiger partial charge in [-0.1, -0.05) is 19.1 Å². The van der Waals surface area contributed by atoms with E-state index >= 15 is 0 Å². The zero-order chi connectivity index (χ0) is 13.5. The summed E-state index contributed by atoms with van der Waals surface area (Å²) in [5, 5.41) is 6.31. The number of hydrogen-bond donors (Lipinski definition) is 2. The van der Waals surface area contributed by atoms with Crippen molar-refractivity contribution in [2.75, 3.05) is 17.2 Å². The fraction of sp³-hybridized carbons (Fsp3) is 0.438. The monoisotopic (exact) mass is 258 g/mol. The van der Waals surface area contributed by atoms with E-state index in [1.54, 1.807) is 0 Å². The van der Waals surface area contributed by atoms with E-state index in [-0.39, 0.29) is 5.91 Å². The molecule has 1 aliphatic rings. The zero-order valence-electron chi connectivity index (χ0n) is 11.5. The van der Waals surface area contributed by atoms with Gasteiger partial charge in [-0.15, -0.1) is 0 Å². The fourth-order valence-corrected chi connectivity index (χ4v) is 2.22. The molecule has 0 radical (unpaired) electrons. The smallest absolute Gasteiger partial charge is 0.224 e. The molecule has 0 bridgehead atoms. The molecular formula is C16H22N2O. The molecule has 2 N–H and O–H groups in total. The summed E-state index contributed by atoms with van der Waals surface area (Å²) in [5.41, 5.74) is 1.97. The number of carbonyl (C=O) groups is 1. The first-order valence-corrected chi connectivity index (χ1v) is 7.06. The van der Waals surface area contributed by atoms with Gasteiger partial charge in [0.25, 0.3) is 0 Å². The number of carbonyl (C=O) groups excluding carboxylic acids is 1. The van der Waals surface area contributed by atoms with Gasteiger partial charge in [0.2, 0.25) is 5.91 Å². The Bertz CT molecular complexity index is 437. The summed E-state index contributed by atoms with van der Waals surface area (Å²) >= 11 is 0. The van der Waals surface area contributed by atoms with Gasteiger partial charge in [-0.3, -0.25) is 4.79 Å². The van der Waals surface area contributed by atoms with E-state index in [2.05, 4.69) is 22.8 Å². The van der Waals surface area contributed by atoms with Crippen molar-refractivity contribution in [1.82, 2.24) is 0 Å². The summed E-state index contributed by atoms with van der Waals surface area (Å²) in [4.78, 5) is 11.3. The minimum absolute atomic E-state index is 0.0506. The number of benzene rings is 1. The zero-order valence-corrected chi connectivity index (χ0v) is 11.5. The van der Waals surface area contributed by atoms with Crippen molar-refractivity contribution in [3.8, 4) is 0 Å². The van der Waals surface area contributed by atoms with Gasteiger partial charge in [0.05, 0.1) is 0 Å². The van der Waals surface area contributed by atoms with E-state index in [1.165, 1.54) is 19.3 Å². The first-order chi connectivity index (χ1) is 9.28. The Morgan fingerprint density at radius 1 is 1.21 bits per heavy atom. The molecule has 102 valence electrons. The second kappa shape index (κ2) is 6.98. The van der Waals surface area contributed by atoms with E-state index in [1.807, 2.05) is 31.2 Å². The molecule has 0 fully saturated rings. The summed E-state index contributed by atoms with van der Waals surface area (Å²) in [6, 6.07) is 7.92. The standard InChI is InChI=1S/C16H22N2O/c1-2-16(19)18-15-10-8-14(9-11-15)17-12-13-6-4-3-5-7-13/h3-4,8-11,13,17H,2,5-7,12H2,1H3,(H,18,19). The van der Waals surface area contributed by atoms with Crippen LogP contribution in [0, 0.1) is 5.92 Å². The van der Waals surface area contributed by atoms with Crippen LogP contribution in [0.5, 0.6) is 0 Å². The van der Waals surface area contributed by atoms with E-state index < -0.39 is 0 Å². The van der Waals surface area contributed by atoms with Crippen LogP contribution >= 0.6 is 0 Å². The highest BCUT2D eigenvalue weighted by atomic mass is 16.1. The average Bonchev–Trinajstić information content (AvgIpc) is 2.47. The molecule has 0 saturated heterocycles. The third kappa shape index (κ3) is 4.43. The molecule has 1 amide bonds. The Morgan fingerprint density at radius 3 is 2.58 bits per heavy atom. The number of anilines is 2. The molecule has 1 unspecified atom stereocenters. The molecule has 1 aliphatic carbocycles. The van der Waals surface area contributed by atoms with Crippen LogP contribution in [-0.4, -0.2) is 12.5 Å². The Labute approximate surface area is 115 Å². The number of hydrogen-bond acceptors (Lipinski definition) is 2. The van der Waals surface area contributed by atoms with Crippen LogP contribution in [-0.2, 0) is 4.79 Å². The van der Waals surface area contributed by atoms with Gasteiger partial charge in [0, 0.05) is 24.3 Å². The molecule has 0 aliphatic heterocycles. The predicted molar refractivity (Wildman–Crippen MR) is 80.3 cm³/mol. The molecule has 0 heterocycles. The molecule has 0 aromatic heterocycles. The van der Waals surface area contributed by atoms with Gasteiger partial charge in [-0.05, 0) is 49.4 Å². The maximum atomic E-state index is 11.3.